The third-order valence-corrected chi connectivity index (χ3v) is 6.33. The summed E-state index contributed by atoms with van der Waals surface area (Å²) in [5.41, 5.74) is 5.15. The molecule has 0 atom stereocenters. The molecule has 5 heteroatoms. The maximum Gasteiger partial charge on any atom is 0.255 e. The molecule has 2 heterocycles. The normalized spacial score (nSPS) is 12.0. The molecule has 0 radical (unpaired) electrons. The predicted molar refractivity (Wildman–Crippen MR) is 140 cm³/mol. The van der Waals surface area contributed by atoms with E-state index < -0.39 is 0 Å². The Balaban J connectivity index is 1.44. The van der Waals surface area contributed by atoms with Gasteiger partial charge in [-0.25, -0.2) is 4.98 Å². The van der Waals surface area contributed by atoms with Gasteiger partial charge in [-0.15, -0.1) is 0 Å². The van der Waals surface area contributed by atoms with Crippen LogP contribution >= 0.6 is 0 Å². The Hall–Kier alpha value is -4.64. The molecule has 0 bridgehead atoms. The Kier molecular flexibility index (Phi) is 5.80. The Morgan fingerprint density at radius 2 is 1.36 bits per heavy atom. The summed E-state index contributed by atoms with van der Waals surface area (Å²) in [7, 11) is 0. The summed E-state index contributed by atoms with van der Waals surface area (Å²) >= 11 is 0. The van der Waals surface area contributed by atoms with Crippen molar-refractivity contribution in [2.75, 3.05) is 6.79 Å². The van der Waals surface area contributed by atoms with E-state index in [-0.39, 0.29) is 12.7 Å². The van der Waals surface area contributed by atoms with Crippen molar-refractivity contribution in [3.63, 3.8) is 0 Å². The number of aromatic nitrogens is 1. The van der Waals surface area contributed by atoms with Crippen molar-refractivity contribution in [2.45, 2.75) is 13.1 Å². The lowest BCUT2D eigenvalue weighted by Gasteiger charge is -2.24. The van der Waals surface area contributed by atoms with E-state index in [9.17, 15) is 4.79 Å². The van der Waals surface area contributed by atoms with Crippen LogP contribution in [0.3, 0.4) is 0 Å². The summed E-state index contributed by atoms with van der Waals surface area (Å²) in [5, 5.41) is 0.832. The fourth-order valence-electron chi connectivity index (χ4n) is 4.53. The molecule has 5 nitrogen and oxygen atoms in total. The van der Waals surface area contributed by atoms with Crippen LogP contribution in [0.4, 0.5) is 0 Å². The first-order chi connectivity index (χ1) is 17.7. The van der Waals surface area contributed by atoms with Gasteiger partial charge in [0.05, 0.1) is 16.8 Å². The SMILES string of the molecule is O=C(c1cc(-c2ccc3c(c2)OCO3)nc2ccccc12)N(Cc1ccccc1)Cc1ccccc1. The van der Waals surface area contributed by atoms with Crippen LogP contribution in [0.5, 0.6) is 11.5 Å². The molecular weight excluding hydrogens is 448 g/mol. The Bertz CT molecular complexity index is 1490. The average Bonchev–Trinajstić information content (AvgIpc) is 3.41. The number of carbonyl (C=O) groups is 1. The zero-order valence-corrected chi connectivity index (χ0v) is 19.6. The van der Waals surface area contributed by atoms with Crippen molar-refractivity contribution in [2.24, 2.45) is 0 Å². The van der Waals surface area contributed by atoms with Gasteiger partial charge in [-0.05, 0) is 41.5 Å². The van der Waals surface area contributed by atoms with E-state index in [0.29, 0.717) is 30.2 Å². The highest BCUT2D eigenvalue weighted by molar-refractivity contribution is 6.07. The molecular formula is C31H24N2O3. The molecule has 0 saturated heterocycles. The van der Waals surface area contributed by atoms with E-state index in [2.05, 4.69) is 0 Å². The third-order valence-electron chi connectivity index (χ3n) is 6.33. The summed E-state index contributed by atoms with van der Waals surface area (Å²) in [6, 6.07) is 35.6. The van der Waals surface area contributed by atoms with Crippen LogP contribution in [0, 0.1) is 0 Å². The molecule has 176 valence electrons. The number of hydrogen-bond acceptors (Lipinski definition) is 4. The van der Waals surface area contributed by atoms with Crippen LogP contribution < -0.4 is 9.47 Å². The van der Waals surface area contributed by atoms with E-state index >= 15 is 0 Å². The second-order valence-corrected chi connectivity index (χ2v) is 8.77. The monoisotopic (exact) mass is 472 g/mol. The lowest BCUT2D eigenvalue weighted by molar-refractivity contribution is 0.0732. The number of rotatable bonds is 6. The van der Waals surface area contributed by atoms with E-state index in [4.69, 9.17) is 14.5 Å². The van der Waals surface area contributed by atoms with Crippen LogP contribution in [0.2, 0.25) is 0 Å². The number of carbonyl (C=O) groups excluding carboxylic acids is 1. The van der Waals surface area contributed by atoms with Gasteiger partial charge in [0.1, 0.15) is 0 Å². The first kappa shape index (κ1) is 21.9. The zero-order valence-electron chi connectivity index (χ0n) is 19.6. The second kappa shape index (κ2) is 9.55. The second-order valence-electron chi connectivity index (χ2n) is 8.77. The fraction of sp³-hybridized carbons (Fsp3) is 0.0968. The van der Waals surface area contributed by atoms with Gasteiger partial charge in [0.25, 0.3) is 5.91 Å². The minimum absolute atomic E-state index is 0.0386. The molecule has 6 rings (SSSR count). The minimum Gasteiger partial charge on any atom is -0.454 e. The van der Waals surface area contributed by atoms with Crippen molar-refractivity contribution in [3.05, 3.63) is 126 Å². The molecule has 5 aromatic rings. The van der Waals surface area contributed by atoms with Crippen molar-refractivity contribution in [1.82, 2.24) is 9.88 Å². The highest BCUT2D eigenvalue weighted by Crippen LogP contribution is 2.36. The van der Waals surface area contributed by atoms with Gasteiger partial charge >= 0.3 is 0 Å². The molecule has 0 aliphatic carbocycles. The van der Waals surface area contributed by atoms with Gasteiger partial charge in [0.2, 0.25) is 6.79 Å². The lowest BCUT2D eigenvalue weighted by Crippen LogP contribution is -2.30. The molecule has 0 saturated carbocycles. The number of benzene rings is 4. The molecule has 4 aromatic carbocycles. The number of fused-ring (bicyclic) bond motifs is 2. The van der Waals surface area contributed by atoms with Gasteiger partial charge in [-0.2, -0.15) is 0 Å². The number of pyridine rings is 1. The minimum atomic E-state index is -0.0386. The fourth-order valence-corrected chi connectivity index (χ4v) is 4.53. The Morgan fingerprint density at radius 1 is 0.722 bits per heavy atom. The first-order valence-electron chi connectivity index (χ1n) is 11.9. The van der Waals surface area contributed by atoms with Crippen LogP contribution in [0.25, 0.3) is 22.2 Å². The highest BCUT2D eigenvalue weighted by atomic mass is 16.7. The molecule has 0 spiro atoms. The lowest BCUT2D eigenvalue weighted by atomic mass is 10.0. The van der Waals surface area contributed by atoms with Crippen molar-refractivity contribution >= 4 is 16.8 Å². The van der Waals surface area contributed by atoms with E-state index in [1.807, 2.05) is 114 Å². The molecule has 0 unspecified atom stereocenters. The maximum atomic E-state index is 14.2. The number of ether oxygens (including phenoxy) is 2. The van der Waals surface area contributed by atoms with Gasteiger partial charge in [-0.3, -0.25) is 4.79 Å². The van der Waals surface area contributed by atoms with Crippen LogP contribution in [-0.4, -0.2) is 22.6 Å². The molecule has 1 aromatic heterocycles. The van der Waals surface area contributed by atoms with Gasteiger partial charge in [-0.1, -0.05) is 78.9 Å². The quantitative estimate of drug-likeness (QED) is 0.284. The Labute approximate surface area is 209 Å². The van der Waals surface area contributed by atoms with E-state index in [1.54, 1.807) is 0 Å². The number of hydrogen-bond donors (Lipinski definition) is 0. The number of amides is 1. The average molecular weight is 473 g/mol. The molecule has 0 fully saturated rings. The van der Waals surface area contributed by atoms with Gasteiger partial charge in [0.15, 0.2) is 11.5 Å². The Morgan fingerprint density at radius 3 is 2.08 bits per heavy atom. The van der Waals surface area contributed by atoms with Crippen LogP contribution in [0.15, 0.2) is 109 Å². The summed E-state index contributed by atoms with van der Waals surface area (Å²) in [6.45, 7) is 1.22. The van der Waals surface area contributed by atoms with Gasteiger partial charge in [0, 0.05) is 24.0 Å². The third kappa shape index (κ3) is 4.39. The first-order valence-corrected chi connectivity index (χ1v) is 11.9. The van der Waals surface area contributed by atoms with Crippen molar-refractivity contribution < 1.29 is 14.3 Å². The van der Waals surface area contributed by atoms with E-state index in [1.165, 1.54) is 0 Å². The number of para-hydroxylation sites is 1. The standard InChI is InChI=1S/C31H24N2O3/c34-31(33(19-22-9-3-1-4-10-22)20-23-11-5-2-6-12-23)26-18-28(32-27-14-8-7-13-25(26)27)24-15-16-29-30(17-24)36-21-35-29/h1-18H,19-21H2. The number of nitrogens with zero attached hydrogens (tertiary/aromatic N) is 2. The maximum absolute atomic E-state index is 14.2. The van der Waals surface area contributed by atoms with Crippen LogP contribution in [0.1, 0.15) is 21.5 Å². The van der Waals surface area contributed by atoms with Crippen molar-refractivity contribution in [3.8, 4) is 22.8 Å². The van der Waals surface area contributed by atoms with Crippen LogP contribution in [-0.2, 0) is 13.1 Å². The molecule has 1 amide bonds. The van der Waals surface area contributed by atoms with E-state index in [0.717, 1.165) is 33.3 Å². The zero-order chi connectivity index (χ0) is 24.3. The largest absolute Gasteiger partial charge is 0.454 e. The molecule has 0 N–H and O–H groups in total. The molecule has 1 aliphatic heterocycles. The summed E-state index contributed by atoms with van der Waals surface area (Å²) in [6.07, 6.45) is 0. The summed E-state index contributed by atoms with van der Waals surface area (Å²) in [4.78, 5) is 21.0. The smallest absolute Gasteiger partial charge is 0.255 e. The molecule has 36 heavy (non-hydrogen) atoms. The predicted octanol–water partition coefficient (Wildman–Crippen LogP) is 6.47. The van der Waals surface area contributed by atoms with Gasteiger partial charge < -0.3 is 14.4 Å². The summed E-state index contributed by atoms with van der Waals surface area (Å²) in [5.74, 6) is 1.36. The summed E-state index contributed by atoms with van der Waals surface area (Å²) < 4.78 is 11.0. The van der Waals surface area contributed by atoms with Crippen molar-refractivity contribution in [1.29, 1.82) is 0 Å². The molecule has 1 aliphatic rings. The highest BCUT2D eigenvalue weighted by Gasteiger charge is 2.22. The topological polar surface area (TPSA) is 51.7 Å².